The van der Waals surface area contributed by atoms with E-state index in [-0.39, 0.29) is 0 Å². The van der Waals surface area contributed by atoms with Crippen LogP contribution in [0.5, 0.6) is 5.88 Å². The van der Waals surface area contributed by atoms with Gasteiger partial charge in [0.25, 0.3) is 0 Å². The molecule has 0 aromatic carbocycles. The summed E-state index contributed by atoms with van der Waals surface area (Å²) in [5, 5.41) is 0. The highest BCUT2D eigenvalue weighted by Crippen LogP contribution is 2.37. The Kier molecular flexibility index (Phi) is 3.89. The fourth-order valence-electron chi connectivity index (χ4n) is 2.03. The van der Waals surface area contributed by atoms with Crippen molar-refractivity contribution in [3.05, 3.63) is 17.8 Å². The van der Waals surface area contributed by atoms with E-state index in [1.807, 2.05) is 33.8 Å². The Morgan fingerprint density at radius 3 is 2.40 bits per heavy atom. The molecule has 0 bridgehead atoms. The zero-order valence-electron chi connectivity index (χ0n) is 12.6. The van der Waals surface area contributed by atoms with E-state index >= 15 is 0 Å². The molecule has 0 spiro atoms. The van der Waals surface area contributed by atoms with Crippen LogP contribution in [0.2, 0.25) is 0 Å². The van der Waals surface area contributed by atoms with Crippen LogP contribution in [0.25, 0.3) is 0 Å². The van der Waals surface area contributed by atoms with Crippen molar-refractivity contribution in [2.45, 2.75) is 45.3 Å². The lowest BCUT2D eigenvalue weighted by molar-refractivity contribution is -0.107. The highest BCUT2D eigenvalue weighted by molar-refractivity contribution is 6.63. The Labute approximate surface area is 119 Å². The molecule has 1 aliphatic rings. The molecule has 1 aromatic heterocycles. The third kappa shape index (κ3) is 2.58. The second kappa shape index (κ2) is 5.18. The normalized spacial score (nSPS) is 19.9. The number of aldehydes is 1. The molecule has 1 aliphatic heterocycles. The van der Waals surface area contributed by atoms with E-state index in [4.69, 9.17) is 14.0 Å². The van der Waals surface area contributed by atoms with Crippen molar-refractivity contribution in [2.24, 2.45) is 0 Å². The van der Waals surface area contributed by atoms with E-state index in [1.54, 1.807) is 13.3 Å². The molecule has 1 fully saturated rings. The summed E-state index contributed by atoms with van der Waals surface area (Å²) < 4.78 is 17.3. The maximum Gasteiger partial charge on any atom is 0.500 e. The van der Waals surface area contributed by atoms with Crippen LogP contribution in [0, 0.1) is 0 Å². The van der Waals surface area contributed by atoms with Gasteiger partial charge in [-0.3, -0.25) is 0 Å². The molecule has 2 rings (SSSR count). The molecule has 6 heteroatoms. The Hall–Kier alpha value is -1.40. The number of carbonyl (C=O) groups excluding carboxylic acids is 1. The molecule has 1 aromatic rings. The van der Waals surface area contributed by atoms with Crippen LogP contribution in [-0.2, 0) is 20.5 Å². The molecule has 0 unspecified atom stereocenters. The van der Waals surface area contributed by atoms with E-state index in [1.165, 1.54) is 0 Å². The number of aromatic nitrogens is 1. The lowest BCUT2D eigenvalue weighted by Gasteiger charge is -2.32. The van der Waals surface area contributed by atoms with Crippen molar-refractivity contribution in [3.8, 4) is 5.88 Å². The van der Waals surface area contributed by atoms with Crippen LogP contribution < -0.4 is 10.2 Å². The maximum absolute atomic E-state index is 10.6. The van der Waals surface area contributed by atoms with Gasteiger partial charge in [0, 0.05) is 18.1 Å². The van der Waals surface area contributed by atoms with Crippen LogP contribution in [0.4, 0.5) is 0 Å². The molecule has 0 radical (unpaired) electrons. The van der Waals surface area contributed by atoms with Gasteiger partial charge < -0.3 is 18.8 Å². The molecule has 0 aliphatic carbocycles. The van der Waals surface area contributed by atoms with Crippen molar-refractivity contribution in [2.75, 3.05) is 7.11 Å². The molecule has 0 amide bonds. The molecule has 0 saturated carbocycles. The largest absolute Gasteiger partial charge is 0.500 e. The van der Waals surface area contributed by atoms with Gasteiger partial charge in [0.2, 0.25) is 5.88 Å². The number of rotatable bonds is 4. The summed E-state index contributed by atoms with van der Waals surface area (Å²) in [7, 11) is 1.00. The minimum Gasteiger partial charge on any atom is -0.481 e. The molecular weight excluding hydrogens is 257 g/mol. The lowest BCUT2D eigenvalue weighted by atomic mass is 9.79. The number of ether oxygens (including phenoxy) is 1. The van der Waals surface area contributed by atoms with Gasteiger partial charge in [0.15, 0.2) is 0 Å². The zero-order valence-corrected chi connectivity index (χ0v) is 12.6. The molecular formula is C14H20BNO4. The van der Waals surface area contributed by atoms with Crippen LogP contribution >= 0.6 is 0 Å². The Bertz CT molecular complexity index is 500. The van der Waals surface area contributed by atoms with E-state index in [0.717, 1.165) is 11.8 Å². The summed E-state index contributed by atoms with van der Waals surface area (Å²) in [6.07, 6.45) is 2.78. The Balaban J connectivity index is 2.37. The van der Waals surface area contributed by atoms with Crippen LogP contribution in [0.3, 0.4) is 0 Å². The maximum atomic E-state index is 10.6. The Morgan fingerprint density at radius 1 is 1.30 bits per heavy atom. The molecule has 108 valence electrons. The van der Waals surface area contributed by atoms with Crippen LogP contribution in [0.15, 0.2) is 12.3 Å². The molecule has 20 heavy (non-hydrogen) atoms. The van der Waals surface area contributed by atoms with Crippen LogP contribution in [-0.4, -0.2) is 36.7 Å². The minimum absolute atomic E-state index is 0.309. The van der Waals surface area contributed by atoms with Crippen molar-refractivity contribution >= 4 is 18.9 Å². The fourth-order valence-corrected chi connectivity index (χ4v) is 2.03. The standard InChI is InChI=1S/C14H20BNO4/c1-13(2)14(3,4)20-15(19-13)11-8-10(6-7-17)9-16-12(11)18-5/h7-9H,6H2,1-5H3. The summed E-state index contributed by atoms with van der Waals surface area (Å²) in [4.78, 5) is 14.9. The van der Waals surface area contributed by atoms with E-state index in [9.17, 15) is 4.79 Å². The lowest BCUT2D eigenvalue weighted by Crippen LogP contribution is -2.41. The van der Waals surface area contributed by atoms with E-state index in [0.29, 0.717) is 17.8 Å². The monoisotopic (exact) mass is 277 g/mol. The molecule has 2 heterocycles. The minimum atomic E-state index is -0.547. The summed E-state index contributed by atoms with van der Waals surface area (Å²) in [5.41, 5.74) is 0.670. The van der Waals surface area contributed by atoms with Gasteiger partial charge in [0.05, 0.1) is 18.3 Å². The fraction of sp³-hybridized carbons (Fsp3) is 0.571. The number of nitrogens with zero attached hydrogens (tertiary/aromatic N) is 1. The highest BCUT2D eigenvalue weighted by Gasteiger charge is 2.52. The molecule has 0 atom stereocenters. The molecule has 0 N–H and O–H groups in total. The van der Waals surface area contributed by atoms with E-state index < -0.39 is 18.3 Å². The second-order valence-electron chi connectivity index (χ2n) is 5.90. The van der Waals surface area contributed by atoms with Crippen molar-refractivity contribution in [1.29, 1.82) is 0 Å². The average Bonchev–Trinajstić information content (AvgIpc) is 2.59. The average molecular weight is 277 g/mol. The SMILES string of the molecule is COc1ncc(CC=O)cc1B1OC(C)(C)C(C)(C)O1. The topological polar surface area (TPSA) is 57.7 Å². The van der Waals surface area contributed by atoms with Crippen molar-refractivity contribution in [1.82, 2.24) is 4.98 Å². The van der Waals surface area contributed by atoms with Gasteiger partial charge in [-0.25, -0.2) is 4.98 Å². The molecule has 5 nitrogen and oxygen atoms in total. The summed E-state index contributed by atoms with van der Waals surface area (Å²) in [5.74, 6) is 0.457. The Morgan fingerprint density at radius 2 is 1.90 bits per heavy atom. The first-order valence-electron chi connectivity index (χ1n) is 6.63. The number of hydrogen-bond donors (Lipinski definition) is 0. The summed E-state index contributed by atoms with van der Waals surface area (Å²) in [6, 6.07) is 1.85. The number of methoxy groups -OCH3 is 1. The summed E-state index contributed by atoms with van der Waals surface area (Å²) >= 11 is 0. The van der Waals surface area contributed by atoms with Gasteiger partial charge in [-0.1, -0.05) is 6.07 Å². The second-order valence-corrected chi connectivity index (χ2v) is 5.90. The zero-order chi connectivity index (χ0) is 15.0. The number of hydrogen-bond acceptors (Lipinski definition) is 5. The first-order chi connectivity index (χ1) is 9.30. The molecule has 1 saturated heterocycles. The van der Waals surface area contributed by atoms with Gasteiger partial charge in [-0.05, 0) is 33.3 Å². The smallest absolute Gasteiger partial charge is 0.481 e. The quantitative estimate of drug-likeness (QED) is 0.610. The first-order valence-corrected chi connectivity index (χ1v) is 6.63. The van der Waals surface area contributed by atoms with Crippen molar-refractivity contribution in [3.63, 3.8) is 0 Å². The van der Waals surface area contributed by atoms with E-state index in [2.05, 4.69) is 4.98 Å². The van der Waals surface area contributed by atoms with Gasteiger partial charge in [-0.2, -0.15) is 0 Å². The first kappa shape index (κ1) is 15.0. The van der Waals surface area contributed by atoms with Gasteiger partial charge >= 0.3 is 7.12 Å². The number of carbonyl (C=O) groups is 1. The predicted octanol–water partition coefficient (Wildman–Crippen LogP) is 1.13. The van der Waals surface area contributed by atoms with Crippen LogP contribution in [0.1, 0.15) is 33.3 Å². The highest BCUT2D eigenvalue weighted by atomic mass is 16.7. The third-order valence-electron chi connectivity index (χ3n) is 3.96. The van der Waals surface area contributed by atoms with Gasteiger partial charge in [0.1, 0.15) is 6.29 Å². The predicted molar refractivity (Wildman–Crippen MR) is 76.3 cm³/mol. The summed E-state index contributed by atoms with van der Waals surface area (Å²) in [6.45, 7) is 7.95. The van der Waals surface area contributed by atoms with Crippen molar-refractivity contribution < 1.29 is 18.8 Å². The van der Waals surface area contributed by atoms with Gasteiger partial charge in [-0.15, -0.1) is 0 Å². The third-order valence-corrected chi connectivity index (χ3v) is 3.96. The number of pyridine rings is 1.